The van der Waals surface area contributed by atoms with Gasteiger partial charge in [0.1, 0.15) is 6.04 Å². The predicted molar refractivity (Wildman–Crippen MR) is 87.8 cm³/mol. The molecule has 2 rings (SSSR count). The van der Waals surface area contributed by atoms with Crippen molar-refractivity contribution < 1.29 is 14.1 Å². The molecule has 1 saturated heterocycles. The molecule has 2 amide bonds. The van der Waals surface area contributed by atoms with Gasteiger partial charge >= 0.3 is 0 Å². The molecule has 1 aliphatic heterocycles. The van der Waals surface area contributed by atoms with Crippen LogP contribution in [0.3, 0.4) is 0 Å². The Morgan fingerprint density at radius 3 is 2.78 bits per heavy atom. The maximum Gasteiger partial charge on any atom is 0.243 e. The van der Waals surface area contributed by atoms with E-state index in [9.17, 15) is 9.59 Å². The fourth-order valence-electron chi connectivity index (χ4n) is 2.30. The van der Waals surface area contributed by atoms with Crippen molar-refractivity contribution in [2.75, 3.05) is 18.2 Å². The molecule has 1 atom stereocenters. The van der Waals surface area contributed by atoms with E-state index in [0.29, 0.717) is 36.3 Å². The second-order valence-electron chi connectivity index (χ2n) is 6.67. The fraction of sp³-hybridized carbons (Fsp3) is 0.733. The third-order valence-electron chi connectivity index (χ3n) is 3.52. The fourth-order valence-corrected chi connectivity index (χ4v) is 3.46. The van der Waals surface area contributed by atoms with E-state index in [0.717, 1.165) is 6.42 Å². The summed E-state index contributed by atoms with van der Waals surface area (Å²) in [6.07, 6.45) is 1.35. The van der Waals surface area contributed by atoms with Crippen molar-refractivity contribution in [3.8, 4) is 0 Å². The minimum atomic E-state index is -0.473. The number of hydrogen-bond donors (Lipinski definition) is 1. The van der Waals surface area contributed by atoms with Crippen molar-refractivity contribution in [3.63, 3.8) is 0 Å². The summed E-state index contributed by atoms with van der Waals surface area (Å²) in [5.74, 6) is 2.35. The second kappa shape index (κ2) is 7.33. The number of aryl methyl sites for hydroxylation is 2. The van der Waals surface area contributed by atoms with Gasteiger partial charge in [-0.25, -0.2) is 0 Å². The number of nitrogens with zero attached hydrogens (tertiary/aromatic N) is 3. The molecule has 7 nitrogen and oxygen atoms in total. The first kappa shape index (κ1) is 17.8. The van der Waals surface area contributed by atoms with Gasteiger partial charge in [0, 0.05) is 24.1 Å². The molecule has 1 aliphatic rings. The molecule has 2 heterocycles. The highest BCUT2D eigenvalue weighted by molar-refractivity contribution is 7.99. The van der Waals surface area contributed by atoms with Crippen molar-refractivity contribution >= 4 is 23.6 Å². The first-order valence-electron chi connectivity index (χ1n) is 7.75. The Labute approximate surface area is 140 Å². The molecule has 1 fully saturated rings. The van der Waals surface area contributed by atoms with Gasteiger partial charge in [-0.3, -0.25) is 9.59 Å². The molecule has 1 N–H and O–H groups in total. The van der Waals surface area contributed by atoms with Crippen LogP contribution in [0.15, 0.2) is 4.52 Å². The van der Waals surface area contributed by atoms with E-state index >= 15 is 0 Å². The number of rotatable bonds is 5. The van der Waals surface area contributed by atoms with Gasteiger partial charge in [0.15, 0.2) is 5.82 Å². The molecular formula is C15H24N4O3S. The van der Waals surface area contributed by atoms with E-state index in [1.807, 2.05) is 20.8 Å². The lowest BCUT2D eigenvalue weighted by molar-refractivity contribution is -0.144. The number of carbonyl (C=O) groups excluding carboxylic acids is 2. The van der Waals surface area contributed by atoms with Crippen molar-refractivity contribution in [3.05, 3.63) is 11.7 Å². The Bertz CT molecular complexity index is 567. The molecule has 0 aliphatic carbocycles. The number of thioether (sulfide) groups is 1. The van der Waals surface area contributed by atoms with Crippen LogP contribution in [-0.4, -0.2) is 51.1 Å². The minimum Gasteiger partial charge on any atom is -0.354 e. The van der Waals surface area contributed by atoms with Gasteiger partial charge in [0.25, 0.3) is 0 Å². The van der Waals surface area contributed by atoms with Crippen LogP contribution >= 0.6 is 11.8 Å². The number of nitrogens with one attached hydrogen (secondary N) is 1. The average Bonchev–Trinajstić information content (AvgIpc) is 3.10. The Kier molecular flexibility index (Phi) is 5.67. The first-order chi connectivity index (χ1) is 10.8. The zero-order chi connectivity index (χ0) is 17.0. The Balaban J connectivity index is 1.79. The van der Waals surface area contributed by atoms with Crippen LogP contribution in [0.1, 0.15) is 38.9 Å². The lowest BCUT2D eigenvalue weighted by Crippen LogP contribution is -2.50. The molecule has 0 bridgehead atoms. The van der Waals surface area contributed by atoms with Crippen LogP contribution in [0.4, 0.5) is 0 Å². The third kappa shape index (κ3) is 4.70. The van der Waals surface area contributed by atoms with Crippen molar-refractivity contribution in [2.24, 2.45) is 5.41 Å². The number of carbonyl (C=O) groups is 2. The van der Waals surface area contributed by atoms with Crippen LogP contribution in [0.5, 0.6) is 0 Å². The van der Waals surface area contributed by atoms with E-state index in [1.165, 1.54) is 0 Å². The van der Waals surface area contributed by atoms with Gasteiger partial charge in [-0.05, 0) is 13.3 Å². The van der Waals surface area contributed by atoms with Crippen LogP contribution in [-0.2, 0) is 16.0 Å². The molecule has 0 radical (unpaired) electrons. The summed E-state index contributed by atoms with van der Waals surface area (Å²) in [5.41, 5.74) is -0.473. The summed E-state index contributed by atoms with van der Waals surface area (Å²) < 4.78 is 5.03. The number of aromatic nitrogens is 2. The van der Waals surface area contributed by atoms with Gasteiger partial charge in [0.05, 0.1) is 5.88 Å². The highest BCUT2D eigenvalue weighted by atomic mass is 32.2. The second-order valence-corrected chi connectivity index (χ2v) is 7.67. The van der Waals surface area contributed by atoms with Crippen LogP contribution in [0.2, 0.25) is 0 Å². The zero-order valence-electron chi connectivity index (χ0n) is 14.1. The summed E-state index contributed by atoms with van der Waals surface area (Å²) in [6.45, 7) is 7.92. The predicted octanol–water partition coefficient (Wildman–Crippen LogP) is 1.37. The summed E-state index contributed by atoms with van der Waals surface area (Å²) in [7, 11) is 0. The van der Waals surface area contributed by atoms with Gasteiger partial charge in [0.2, 0.25) is 17.7 Å². The molecule has 1 aromatic heterocycles. The van der Waals surface area contributed by atoms with Gasteiger partial charge in [-0.1, -0.05) is 25.9 Å². The molecule has 0 saturated carbocycles. The summed E-state index contributed by atoms with van der Waals surface area (Å²) in [6, 6.07) is -0.377. The maximum absolute atomic E-state index is 12.4. The zero-order valence-corrected chi connectivity index (χ0v) is 14.9. The lowest BCUT2D eigenvalue weighted by atomic mass is 9.94. The lowest BCUT2D eigenvalue weighted by Gasteiger charge is -2.29. The van der Waals surface area contributed by atoms with E-state index in [2.05, 4.69) is 15.5 Å². The van der Waals surface area contributed by atoms with Gasteiger partial charge in [-0.15, -0.1) is 11.8 Å². The van der Waals surface area contributed by atoms with Crippen molar-refractivity contribution in [2.45, 2.75) is 46.6 Å². The molecule has 0 spiro atoms. The van der Waals surface area contributed by atoms with Crippen molar-refractivity contribution in [1.29, 1.82) is 0 Å². The first-order valence-corrected chi connectivity index (χ1v) is 8.90. The highest BCUT2D eigenvalue weighted by Crippen LogP contribution is 2.27. The molecule has 0 aromatic carbocycles. The van der Waals surface area contributed by atoms with E-state index in [4.69, 9.17) is 4.52 Å². The number of hydrogen-bond acceptors (Lipinski definition) is 6. The molecular weight excluding hydrogens is 316 g/mol. The third-order valence-corrected chi connectivity index (χ3v) is 4.54. The molecule has 128 valence electrons. The average molecular weight is 340 g/mol. The van der Waals surface area contributed by atoms with Crippen LogP contribution < -0.4 is 5.32 Å². The summed E-state index contributed by atoms with van der Waals surface area (Å²) in [5, 5.41) is 6.63. The molecule has 1 aromatic rings. The monoisotopic (exact) mass is 340 g/mol. The van der Waals surface area contributed by atoms with Gasteiger partial charge in [-0.2, -0.15) is 4.98 Å². The van der Waals surface area contributed by atoms with Gasteiger partial charge < -0.3 is 14.7 Å². The standard InChI is InChI=1S/C15H24N4O3S/c1-10-17-12(22-18-10)6-5-7-16-13(20)11-8-23-9-19(11)14(21)15(2,3)4/h11H,5-9H2,1-4H3,(H,16,20)/t11-/m0/s1. The minimum absolute atomic E-state index is 0.0176. The SMILES string of the molecule is Cc1noc(CCCNC(=O)[C@@H]2CSCN2C(=O)C(C)(C)C)n1. The summed E-state index contributed by atoms with van der Waals surface area (Å²) >= 11 is 1.61. The normalized spacial score (nSPS) is 18.3. The maximum atomic E-state index is 12.4. The van der Waals surface area contributed by atoms with E-state index in [1.54, 1.807) is 23.6 Å². The largest absolute Gasteiger partial charge is 0.354 e. The van der Waals surface area contributed by atoms with Crippen LogP contribution in [0.25, 0.3) is 0 Å². The topological polar surface area (TPSA) is 88.3 Å². The van der Waals surface area contributed by atoms with Crippen LogP contribution in [0, 0.1) is 12.3 Å². The van der Waals surface area contributed by atoms with Crippen molar-refractivity contribution in [1.82, 2.24) is 20.4 Å². The molecule has 23 heavy (non-hydrogen) atoms. The molecule has 8 heteroatoms. The Morgan fingerprint density at radius 2 is 2.17 bits per heavy atom. The summed E-state index contributed by atoms with van der Waals surface area (Å²) in [4.78, 5) is 30.5. The number of amides is 2. The quantitative estimate of drug-likeness (QED) is 0.815. The Hall–Kier alpha value is -1.57. The van der Waals surface area contributed by atoms with E-state index in [-0.39, 0.29) is 17.9 Å². The highest BCUT2D eigenvalue weighted by Gasteiger charge is 2.38. The smallest absolute Gasteiger partial charge is 0.243 e. The molecule has 0 unspecified atom stereocenters. The Morgan fingerprint density at radius 1 is 1.43 bits per heavy atom. The van der Waals surface area contributed by atoms with E-state index < -0.39 is 5.41 Å².